The van der Waals surface area contributed by atoms with Gasteiger partial charge in [0.15, 0.2) is 17.5 Å². The molecule has 1 aromatic rings. The summed E-state index contributed by atoms with van der Waals surface area (Å²) in [5.74, 6) is 2.36. The van der Waals surface area contributed by atoms with Gasteiger partial charge >= 0.3 is 0 Å². The molecule has 0 saturated carbocycles. The molecule has 1 aromatic carbocycles. The molecule has 2 N–H and O–H groups in total. The molecular weight excluding hydrogens is 505 g/mol. The Bertz CT molecular complexity index is 726. The largest absolute Gasteiger partial charge is 0.490 e. The zero-order valence-electron chi connectivity index (χ0n) is 18.2. The van der Waals surface area contributed by atoms with Crippen molar-refractivity contribution >= 4 is 39.8 Å². The molecule has 0 aromatic heterocycles. The van der Waals surface area contributed by atoms with Crippen LogP contribution >= 0.6 is 24.0 Å². The predicted molar refractivity (Wildman–Crippen MR) is 131 cm³/mol. The Labute approximate surface area is 193 Å². The Kier molecular flexibility index (Phi) is 14.1. The van der Waals surface area contributed by atoms with Gasteiger partial charge in [-0.3, -0.25) is 4.99 Å². The maximum atomic E-state index is 11.3. The summed E-state index contributed by atoms with van der Waals surface area (Å²) in [6.45, 7) is 10.4. The Hall–Kier alpha value is -1.23. The number of benzene rings is 1. The summed E-state index contributed by atoms with van der Waals surface area (Å²) in [4.78, 5) is 4.60. The molecule has 0 fully saturated rings. The van der Waals surface area contributed by atoms with Gasteiger partial charge in [0.1, 0.15) is 9.84 Å². The first-order valence-corrected chi connectivity index (χ1v) is 12.0. The number of hydrogen-bond acceptors (Lipinski definition) is 5. The molecule has 0 heterocycles. The van der Waals surface area contributed by atoms with Crippen LogP contribution in [0.1, 0.15) is 39.7 Å². The Morgan fingerprint density at radius 3 is 2.38 bits per heavy atom. The number of rotatable bonds is 12. The number of nitrogens with zero attached hydrogens (tertiary/aromatic N) is 1. The van der Waals surface area contributed by atoms with Crippen molar-refractivity contribution < 1.29 is 17.9 Å². The van der Waals surface area contributed by atoms with E-state index >= 15 is 0 Å². The van der Waals surface area contributed by atoms with Crippen molar-refractivity contribution in [3.63, 3.8) is 0 Å². The molecule has 9 heteroatoms. The molecule has 0 aliphatic rings. The fraction of sp³-hybridized carbons (Fsp3) is 0.650. The van der Waals surface area contributed by atoms with Crippen molar-refractivity contribution in [2.45, 2.75) is 46.6 Å². The summed E-state index contributed by atoms with van der Waals surface area (Å²) in [7, 11) is -2.96. The van der Waals surface area contributed by atoms with Crippen LogP contribution in [0.15, 0.2) is 23.2 Å². The zero-order valence-corrected chi connectivity index (χ0v) is 21.3. The number of ether oxygens (including phenoxy) is 2. The van der Waals surface area contributed by atoms with Gasteiger partial charge in [-0.2, -0.15) is 0 Å². The van der Waals surface area contributed by atoms with E-state index in [-0.39, 0.29) is 35.8 Å². The van der Waals surface area contributed by atoms with Crippen LogP contribution in [0.3, 0.4) is 0 Å². The van der Waals surface area contributed by atoms with E-state index in [1.54, 1.807) is 0 Å². The third-order valence-corrected chi connectivity index (χ3v) is 4.90. The summed E-state index contributed by atoms with van der Waals surface area (Å²) in [5, 5.41) is 6.46. The molecule has 7 nitrogen and oxygen atoms in total. The summed E-state index contributed by atoms with van der Waals surface area (Å²) < 4.78 is 33.9. The highest BCUT2D eigenvalue weighted by Crippen LogP contribution is 2.28. The summed E-state index contributed by atoms with van der Waals surface area (Å²) in [5.41, 5.74) is 1.12. The van der Waals surface area contributed by atoms with Crippen molar-refractivity contribution in [3.05, 3.63) is 23.8 Å². The number of halogens is 1. The van der Waals surface area contributed by atoms with Gasteiger partial charge in [-0.25, -0.2) is 8.42 Å². The lowest BCUT2D eigenvalue weighted by Gasteiger charge is -2.17. The van der Waals surface area contributed by atoms with Crippen LogP contribution in [0.2, 0.25) is 0 Å². The first-order chi connectivity index (χ1) is 13.3. The lowest BCUT2D eigenvalue weighted by Crippen LogP contribution is -2.43. The number of sulfone groups is 1. The highest BCUT2D eigenvalue weighted by Gasteiger charge is 2.10. The van der Waals surface area contributed by atoms with Crippen molar-refractivity contribution in [2.75, 3.05) is 38.3 Å². The minimum Gasteiger partial charge on any atom is -0.490 e. The minimum absolute atomic E-state index is 0. The molecule has 0 bridgehead atoms. The SMILES string of the molecule is CCNC(=NCCc1ccc(OCC)c(OCC)c1)NC(C)CCS(C)(=O)=O.I. The molecule has 1 unspecified atom stereocenters. The molecule has 1 rings (SSSR count). The van der Waals surface area contributed by atoms with E-state index in [0.717, 1.165) is 30.0 Å². The van der Waals surface area contributed by atoms with Gasteiger partial charge in [-0.05, 0) is 58.2 Å². The van der Waals surface area contributed by atoms with Gasteiger partial charge in [-0.1, -0.05) is 6.07 Å². The number of aliphatic imine (C=N–C) groups is 1. The van der Waals surface area contributed by atoms with Crippen LogP contribution in [-0.2, 0) is 16.3 Å². The Morgan fingerprint density at radius 2 is 1.79 bits per heavy atom. The monoisotopic (exact) mass is 541 g/mol. The van der Waals surface area contributed by atoms with Gasteiger partial charge in [-0.15, -0.1) is 24.0 Å². The van der Waals surface area contributed by atoms with E-state index in [1.165, 1.54) is 6.26 Å². The van der Waals surface area contributed by atoms with E-state index in [0.29, 0.717) is 32.1 Å². The molecule has 0 radical (unpaired) electrons. The second-order valence-corrected chi connectivity index (χ2v) is 8.88. The van der Waals surface area contributed by atoms with Crippen LogP contribution in [0.25, 0.3) is 0 Å². The van der Waals surface area contributed by atoms with E-state index in [1.807, 2.05) is 45.9 Å². The minimum atomic E-state index is -2.96. The maximum absolute atomic E-state index is 11.3. The highest BCUT2D eigenvalue weighted by atomic mass is 127. The fourth-order valence-corrected chi connectivity index (χ4v) is 3.35. The number of hydrogen-bond donors (Lipinski definition) is 2. The van der Waals surface area contributed by atoms with Crippen LogP contribution in [0, 0.1) is 0 Å². The van der Waals surface area contributed by atoms with Crippen LogP contribution in [-0.4, -0.2) is 58.7 Å². The van der Waals surface area contributed by atoms with Gasteiger partial charge in [0.05, 0.1) is 19.0 Å². The first-order valence-electron chi connectivity index (χ1n) is 9.90. The van der Waals surface area contributed by atoms with Crippen molar-refractivity contribution in [3.8, 4) is 11.5 Å². The molecule has 0 amide bonds. The molecule has 29 heavy (non-hydrogen) atoms. The maximum Gasteiger partial charge on any atom is 0.191 e. The first kappa shape index (κ1) is 27.8. The summed E-state index contributed by atoms with van der Waals surface area (Å²) in [6, 6.07) is 5.98. The third kappa shape index (κ3) is 12.1. The average molecular weight is 541 g/mol. The third-order valence-electron chi connectivity index (χ3n) is 3.93. The van der Waals surface area contributed by atoms with Crippen LogP contribution in [0.4, 0.5) is 0 Å². The fourth-order valence-electron chi connectivity index (χ4n) is 2.56. The standard InChI is InChI=1S/C20H35N3O4S.HI/c1-6-21-20(23-16(4)12-14-28(5,24)25)22-13-11-17-9-10-18(26-7-2)19(15-17)27-8-3;/h9-10,15-16H,6-8,11-14H2,1-5H3,(H2,21,22,23);1H. The quantitative estimate of drug-likeness (QED) is 0.240. The van der Waals surface area contributed by atoms with E-state index < -0.39 is 9.84 Å². The lowest BCUT2D eigenvalue weighted by molar-refractivity contribution is 0.287. The zero-order chi connectivity index (χ0) is 21.0. The second kappa shape index (κ2) is 14.7. The van der Waals surface area contributed by atoms with Crippen LogP contribution in [0.5, 0.6) is 11.5 Å². The van der Waals surface area contributed by atoms with E-state index in [4.69, 9.17) is 9.47 Å². The summed E-state index contributed by atoms with van der Waals surface area (Å²) >= 11 is 0. The van der Waals surface area contributed by atoms with Crippen LogP contribution < -0.4 is 20.1 Å². The molecule has 0 aliphatic heterocycles. The molecule has 0 saturated heterocycles. The highest BCUT2D eigenvalue weighted by molar-refractivity contribution is 14.0. The normalized spacial score (nSPS) is 12.7. The molecule has 168 valence electrons. The van der Waals surface area contributed by atoms with Gasteiger partial charge in [0.25, 0.3) is 0 Å². The Morgan fingerprint density at radius 1 is 1.14 bits per heavy atom. The average Bonchev–Trinajstić information content (AvgIpc) is 2.62. The topological polar surface area (TPSA) is 89.0 Å². The Balaban J connectivity index is 0.00000784. The number of nitrogens with one attached hydrogen (secondary N) is 2. The van der Waals surface area contributed by atoms with Gasteiger partial charge in [0, 0.05) is 25.4 Å². The van der Waals surface area contributed by atoms with E-state index in [2.05, 4.69) is 15.6 Å². The summed E-state index contributed by atoms with van der Waals surface area (Å²) in [6.07, 6.45) is 2.56. The van der Waals surface area contributed by atoms with Crippen molar-refractivity contribution in [1.82, 2.24) is 10.6 Å². The predicted octanol–water partition coefficient (Wildman–Crippen LogP) is 3.02. The molecule has 1 atom stereocenters. The van der Waals surface area contributed by atoms with Gasteiger partial charge in [0.2, 0.25) is 0 Å². The van der Waals surface area contributed by atoms with E-state index in [9.17, 15) is 8.42 Å². The van der Waals surface area contributed by atoms with Crippen molar-refractivity contribution in [1.29, 1.82) is 0 Å². The van der Waals surface area contributed by atoms with Crippen molar-refractivity contribution in [2.24, 2.45) is 4.99 Å². The smallest absolute Gasteiger partial charge is 0.191 e. The molecular formula is C20H36IN3O4S. The number of guanidine groups is 1. The second-order valence-electron chi connectivity index (χ2n) is 6.62. The lowest BCUT2D eigenvalue weighted by atomic mass is 10.1. The molecule has 0 aliphatic carbocycles. The molecule has 0 spiro atoms. The van der Waals surface area contributed by atoms with Gasteiger partial charge < -0.3 is 20.1 Å².